The van der Waals surface area contributed by atoms with E-state index < -0.39 is 15.8 Å². The number of H-pyrrole nitrogens is 1. The second-order valence-corrected chi connectivity index (χ2v) is 10.5. The van der Waals surface area contributed by atoms with Gasteiger partial charge in [-0.05, 0) is 44.4 Å². The van der Waals surface area contributed by atoms with Crippen LogP contribution in [-0.4, -0.2) is 58.0 Å². The van der Waals surface area contributed by atoms with Gasteiger partial charge < -0.3 is 9.72 Å². The van der Waals surface area contributed by atoms with Crippen molar-refractivity contribution < 1.29 is 22.7 Å². The van der Waals surface area contributed by atoms with E-state index in [9.17, 15) is 18.0 Å². The molecule has 2 aliphatic rings. The normalized spacial score (nSPS) is 20.2. The predicted molar refractivity (Wildman–Crippen MR) is 112 cm³/mol. The fourth-order valence-electron chi connectivity index (χ4n) is 4.09. The van der Waals surface area contributed by atoms with E-state index in [1.807, 2.05) is 0 Å². The van der Waals surface area contributed by atoms with E-state index in [-0.39, 0.29) is 35.9 Å². The topological polar surface area (TPSA) is 124 Å². The first-order chi connectivity index (χ1) is 14.8. The number of Topliss-reactive ketones (excluding diaryl/α,β-unsaturated/α-hetero) is 1. The highest BCUT2D eigenvalue weighted by Crippen LogP contribution is 2.41. The van der Waals surface area contributed by atoms with Crippen LogP contribution in [0.1, 0.15) is 63.5 Å². The molecule has 3 aromatic rings. The Labute approximate surface area is 178 Å². The highest BCUT2D eigenvalue weighted by molar-refractivity contribution is 7.91. The Balaban J connectivity index is 1.51. The minimum absolute atomic E-state index is 0.0169. The molecule has 0 aromatic carbocycles. The third-order valence-electron chi connectivity index (χ3n) is 5.86. The summed E-state index contributed by atoms with van der Waals surface area (Å²) in [6.07, 6.45) is 4.08. The molecule has 0 radical (unpaired) electrons. The fraction of sp³-hybridized carbons (Fsp3) is 0.429. The molecule has 3 aromatic heterocycles. The van der Waals surface area contributed by atoms with Gasteiger partial charge in [-0.3, -0.25) is 4.79 Å². The minimum Gasteiger partial charge on any atom is -0.454 e. The average molecular weight is 442 g/mol. The SMILES string of the molecule is Cc1nn(C2CCS(=O)(=O)C2)c2nc(C3CC3)cc(C(=O)OCC(=O)c3ccc[nH]3)c12. The number of ether oxygens (including phenoxy) is 1. The summed E-state index contributed by atoms with van der Waals surface area (Å²) in [4.78, 5) is 32.7. The van der Waals surface area contributed by atoms with Crippen molar-refractivity contribution in [3.8, 4) is 0 Å². The van der Waals surface area contributed by atoms with Crippen molar-refractivity contribution in [2.24, 2.45) is 0 Å². The molecule has 4 heterocycles. The van der Waals surface area contributed by atoms with E-state index in [2.05, 4.69) is 10.1 Å². The highest BCUT2D eigenvalue weighted by Gasteiger charge is 2.34. The van der Waals surface area contributed by atoms with Gasteiger partial charge in [-0.25, -0.2) is 22.9 Å². The number of fused-ring (bicyclic) bond motifs is 1. The summed E-state index contributed by atoms with van der Waals surface area (Å²) in [6, 6.07) is 4.74. The van der Waals surface area contributed by atoms with Crippen LogP contribution < -0.4 is 0 Å². The van der Waals surface area contributed by atoms with Crippen LogP contribution >= 0.6 is 0 Å². The predicted octanol–water partition coefficient (Wildman–Crippen LogP) is 2.34. The van der Waals surface area contributed by atoms with E-state index >= 15 is 0 Å². The van der Waals surface area contributed by atoms with Crippen molar-refractivity contribution in [2.75, 3.05) is 18.1 Å². The highest BCUT2D eigenvalue weighted by atomic mass is 32.2. The zero-order chi connectivity index (χ0) is 21.8. The monoisotopic (exact) mass is 442 g/mol. The number of pyridine rings is 1. The fourth-order valence-corrected chi connectivity index (χ4v) is 5.79. The van der Waals surface area contributed by atoms with Crippen LogP contribution in [0.3, 0.4) is 0 Å². The van der Waals surface area contributed by atoms with Crippen LogP contribution in [0, 0.1) is 6.92 Å². The Hall–Kier alpha value is -3.01. The molecule has 162 valence electrons. The smallest absolute Gasteiger partial charge is 0.339 e. The number of carbonyl (C=O) groups excluding carboxylic acids is 2. The van der Waals surface area contributed by atoms with Gasteiger partial charge in [0.2, 0.25) is 5.78 Å². The van der Waals surface area contributed by atoms with Crippen LogP contribution in [0.4, 0.5) is 0 Å². The number of aryl methyl sites for hydroxylation is 1. The summed E-state index contributed by atoms with van der Waals surface area (Å²) in [6.45, 7) is 1.39. The molecule has 5 rings (SSSR count). The molecule has 1 aliphatic carbocycles. The second-order valence-electron chi connectivity index (χ2n) is 8.24. The number of aromatic amines is 1. The molecule has 31 heavy (non-hydrogen) atoms. The number of esters is 1. The van der Waals surface area contributed by atoms with E-state index in [4.69, 9.17) is 9.72 Å². The molecule has 1 saturated heterocycles. The first kappa shape index (κ1) is 19.9. The van der Waals surface area contributed by atoms with E-state index in [0.29, 0.717) is 34.4 Å². The third kappa shape index (κ3) is 3.76. The zero-order valence-corrected chi connectivity index (χ0v) is 17.8. The molecular weight excluding hydrogens is 420 g/mol. The van der Waals surface area contributed by atoms with E-state index in [1.165, 1.54) is 0 Å². The molecule has 0 spiro atoms. The number of carbonyl (C=O) groups is 2. The summed E-state index contributed by atoms with van der Waals surface area (Å²) in [5.74, 6) is -0.530. The summed E-state index contributed by atoms with van der Waals surface area (Å²) >= 11 is 0. The standard InChI is InChI=1S/C21H22N4O5S/c1-12-19-15(21(27)30-10-18(26)16-3-2-7-22-16)9-17(13-4-5-13)23-20(19)25(24-12)14-6-8-31(28,29)11-14/h2-3,7,9,13-14,22H,4-6,8,10-11H2,1H3. The molecule has 0 amide bonds. The first-order valence-corrected chi connectivity index (χ1v) is 12.1. The lowest BCUT2D eigenvalue weighted by molar-refractivity contribution is 0.0475. The van der Waals surface area contributed by atoms with Gasteiger partial charge in [0, 0.05) is 17.8 Å². The number of nitrogens with one attached hydrogen (secondary N) is 1. The Morgan fingerprint density at radius 2 is 2.10 bits per heavy atom. The van der Waals surface area contributed by atoms with Crippen LogP contribution in [0.5, 0.6) is 0 Å². The lowest BCUT2D eigenvalue weighted by Crippen LogP contribution is -2.16. The molecule has 9 nitrogen and oxygen atoms in total. The van der Waals surface area contributed by atoms with Gasteiger partial charge in [0.25, 0.3) is 0 Å². The Kier molecular flexibility index (Phi) is 4.69. The Morgan fingerprint density at radius 3 is 2.74 bits per heavy atom. The number of hydrogen-bond donors (Lipinski definition) is 1. The number of ketones is 1. The number of nitrogens with zero attached hydrogens (tertiary/aromatic N) is 3. The number of hydrogen-bond acceptors (Lipinski definition) is 7. The molecule has 0 bridgehead atoms. The quantitative estimate of drug-likeness (QED) is 0.459. The molecule has 2 fully saturated rings. The molecule has 1 unspecified atom stereocenters. The van der Waals surface area contributed by atoms with Gasteiger partial charge in [-0.15, -0.1) is 0 Å². The zero-order valence-electron chi connectivity index (χ0n) is 17.0. The van der Waals surface area contributed by atoms with E-state index in [0.717, 1.165) is 18.5 Å². The lowest BCUT2D eigenvalue weighted by Gasteiger charge is -2.11. The summed E-state index contributed by atoms with van der Waals surface area (Å²) in [5.41, 5.74) is 2.55. The van der Waals surface area contributed by atoms with Gasteiger partial charge in [0.05, 0.1) is 39.9 Å². The maximum atomic E-state index is 13.0. The van der Waals surface area contributed by atoms with Gasteiger partial charge in [-0.1, -0.05) is 0 Å². The maximum Gasteiger partial charge on any atom is 0.339 e. The van der Waals surface area contributed by atoms with Gasteiger partial charge in [0.1, 0.15) is 0 Å². The van der Waals surface area contributed by atoms with Crippen molar-refractivity contribution in [3.63, 3.8) is 0 Å². The molecule has 1 N–H and O–H groups in total. The first-order valence-electron chi connectivity index (χ1n) is 10.3. The van der Waals surface area contributed by atoms with Gasteiger partial charge in [-0.2, -0.15) is 5.10 Å². The van der Waals surface area contributed by atoms with Crippen molar-refractivity contribution >= 4 is 32.6 Å². The molecule has 10 heteroatoms. The van der Waals surface area contributed by atoms with Gasteiger partial charge >= 0.3 is 5.97 Å². The maximum absolute atomic E-state index is 13.0. The lowest BCUT2D eigenvalue weighted by atomic mass is 10.1. The average Bonchev–Trinajstić information content (AvgIpc) is 3.15. The Morgan fingerprint density at radius 1 is 1.29 bits per heavy atom. The van der Waals surface area contributed by atoms with E-state index in [1.54, 1.807) is 36.0 Å². The summed E-state index contributed by atoms with van der Waals surface area (Å²) < 4.78 is 31.0. The van der Waals surface area contributed by atoms with Crippen LogP contribution in [0.15, 0.2) is 24.4 Å². The second kappa shape index (κ2) is 7.30. The van der Waals surface area contributed by atoms with Crippen molar-refractivity contribution in [2.45, 2.75) is 38.1 Å². The molecule has 1 aliphatic heterocycles. The minimum atomic E-state index is -3.10. The molecular formula is C21H22N4O5S. The third-order valence-corrected chi connectivity index (χ3v) is 7.61. The van der Waals surface area contributed by atoms with Gasteiger partial charge in [0.15, 0.2) is 22.1 Å². The van der Waals surface area contributed by atoms with Crippen molar-refractivity contribution in [1.82, 2.24) is 19.7 Å². The van der Waals surface area contributed by atoms with Crippen molar-refractivity contribution in [3.05, 3.63) is 47.0 Å². The molecule has 1 saturated carbocycles. The van der Waals surface area contributed by atoms with Crippen molar-refractivity contribution in [1.29, 1.82) is 0 Å². The van der Waals surface area contributed by atoms with Crippen LogP contribution in [0.2, 0.25) is 0 Å². The Bertz CT molecular complexity index is 1290. The summed E-state index contributed by atoms with van der Waals surface area (Å²) in [5, 5.41) is 5.09. The number of aromatic nitrogens is 4. The van der Waals surface area contributed by atoms with Crippen LogP contribution in [0.25, 0.3) is 11.0 Å². The largest absolute Gasteiger partial charge is 0.454 e. The molecule has 1 atom stereocenters. The van der Waals surface area contributed by atoms with Crippen LogP contribution in [-0.2, 0) is 14.6 Å². The number of sulfone groups is 1. The number of rotatable bonds is 6. The summed E-state index contributed by atoms with van der Waals surface area (Å²) in [7, 11) is -3.10.